The summed E-state index contributed by atoms with van der Waals surface area (Å²) in [7, 11) is 0. The molecule has 1 heterocycles. The van der Waals surface area contributed by atoms with Gasteiger partial charge in [-0.15, -0.1) is 0 Å². The van der Waals surface area contributed by atoms with Crippen molar-refractivity contribution in [3.05, 3.63) is 70.8 Å². The van der Waals surface area contributed by atoms with Crippen LogP contribution < -0.4 is 5.32 Å². The van der Waals surface area contributed by atoms with Crippen molar-refractivity contribution in [2.75, 3.05) is 0 Å². The normalized spacial score (nSPS) is 12.0. The first kappa shape index (κ1) is 16.1. The van der Waals surface area contributed by atoms with E-state index in [0.29, 0.717) is 10.8 Å². The second-order valence-electron chi connectivity index (χ2n) is 5.14. The molecule has 0 saturated carbocycles. The van der Waals surface area contributed by atoms with Crippen LogP contribution in [0.2, 0.25) is 5.02 Å². The second kappa shape index (κ2) is 6.80. The van der Waals surface area contributed by atoms with Crippen molar-refractivity contribution in [1.29, 1.82) is 0 Å². The van der Waals surface area contributed by atoms with E-state index in [0.717, 1.165) is 5.56 Å². The van der Waals surface area contributed by atoms with E-state index in [2.05, 4.69) is 15.5 Å². The van der Waals surface area contributed by atoms with Crippen LogP contribution in [0.5, 0.6) is 0 Å². The monoisotopic (exact) mass is 345 g/mol. The lowest BCUT2D eigenvalue weighted by Crippen LogP contribution is -2.27. The van der Waals surface area contributed by atoms with Crippen molar-refractivity contribution in [1.82, 2.24) is 15.5 Å². The number of nitrogens with zero attached hydrogens (tertiary/aromatic N) is 2. The first-order chi connectivity index (χ1) is 11.5. The average Bonchev–Trinajstić information content (AvgIpc) is 3.06. The molecule has 1 amide bonds. The predicted molar refractivity (Wildman–Crippen MR) is 87.0 cm³/mol. The molecule has 1 atom stereocenters. The number of nitrogens with one attached hydrogen (secondary N) is 1. The number of hydrogen-bond acceptors (Lipinski definition) is 4. The summed E-state index contributed by atoms with van der Waals surface area (Å²) in [6.07, 6.45) is 0. The minimum Gasteiger partial charge on any atom is -0.340 e. The van der Waals surface area contributed by atoms with Crippen LogP contribution in [0.4, 0.5) is 4.39 Å². The van der Waals surface area contributed by atoms with Crippen LogP contribution in [0.3, 0.4) is 0 Å². The summed E-state index contributed by atoms with van der Waals surface area (Å²) in [5.74, 6) is -0.528. The van der Waals surface area contributed by atoms with Gasteiger partial charge in [-0.25, -0.2) is 4.39 Å². The number of benzene rings is 2. The lowest BCUT2D eigenvalue weighted by atomic mass is 10.2. The van der Waals surface area contributed by atoms with E-state index in [1.54, 1.807) is 37.3 Å². The summed E-state index contributed by atoms with van der Waals surface area (Å²) < 4.78 is 18.8. The number of carbonyl (C=O) groups excluding carboxylic acids is 1. The third kappa shape index (κ3) is 3.44. The summed E-state index contributed by atoms with van der Waals surface area (Å²) in [5, 5.41) is 7.12. The van der Waals surface area contributed by atoms with Crippen molar-refractivity contribution in [3.8, 4) is 11.4 Å². The Kier molecular flexibility index (Phi) is 4.57. The van der Waals surface area contributed by atoms with E-state index in [4.69, 9.17) is 16.1 Å². The fraction of sp³-hybridized carbons (Fsp3) is 0.118. The van der Waals surface area contributed by atoms with Gasteiger partial charge in [-0.2, -0.15) is 4.98 Å². The largest absolute Gasteiger partial charge is 0.340 e. The highest BCUT2D eigenvalue weighted by molar-refractivity contribution is 6.30. The number of carbonyl (C=O) groups is 1. The molecule has 0 aliphatic carbocycles. The standard InChI is InChI=1S/C17H13ClFN3O2/c1-10(20-16(23)13-4-2-3-5-14(13)19)17-21-15(22-24-17)11-6-8-12(18)9-7-11/h2-10H,1H3,(H,20,23)/t10-/m1/s1. The Bertz CT molecular complexity index is 864. The maximum atomic E-state index is 13.6. The average molecular weight is 346 g/mol. The Morgan fingerprint density at radius 1 is 1.21 bits per heavy atom. The molecule has 2 aromatic carbocycles. The molecule has 122 valence electrons. The first-order valence-electron chi connectivity index (χ1n) is 7.19. The highest BCUT2D eigenvalue weighted by Crippen LogP contribution is 2.21. The minimum atomic E-state index is -0.588. The van der Waals surface area contributed by atoms with Gasteiger partial charge in [-0.1, -0.05) is 28.9 Å². The number of aromatic nitrogens is 2. The number of amides is 1. The van der Waals surface area contributed by atoms with Crippen molar-refractivity contribution < 1.29 is 13.7 Å². The molecule has 0 aliphatic rings. The molecule has 3 rings (SSSR count). The molecule has 0 spiro atoms. The molecule has 24 heavy (non-hydrogen) atoms. The third-order valence-electron chi connectivity index (χ3n) is 3.38. The summed E-state index contributed by atoms with van der Waals surface area (Å²) in [6, 6.07) is 12.1. The highest BCUT2D eigenvalue weighted by atomic mass is 35.5. The molecule has 0 bridgehead atoms. The molecule has 0 aliphatic heterocycles. The van der Waals surface area contributed by atoms with E-state index >= 15 is 0 Å². The lowest BCUT2D eigenvalue weighted by molar-refractivity contribution is 0.0928. The zero-order valence-corrected chi connectivity index (χ0v) is 13.4. The van der Waals surface area contributed by atoms with Gasteiger partial charge in [0.15, 0.2) is 0 Å². The van der Waals surface area contributed by atoms with Gasteiger partial charge in [0.2, 0.25) is 11.7 Å². The molecule has 0 fully saturated rings. The van der Waals surface area contributed by atoms with Gasteiger partial charge in [-0.3, -0.25) is 4.79 Å². The van der Waals surface area contributed by atoms with Gasteiger partial charge in [0.05, 0.1) is 5.56 Å². The maximum absolute atomic E-state index is 13.6. The van der Waals surface area contributed by atoms with E-state index in [-0.39, 0.29) is 11.5 Å². The molecular formula is C17H13ClFN3O2. The summed E-state index contributed by atoms with van der Waals surface area (Å²) >= 11 is 5.84. The Hall–Kier alpha value is -2.73. The van der Waals surface area contributed by atoms with Crippen LogP contribution in [-0.4, -0.2) is 16.0 Å². The van der Waals surface area contributed by atoms with Gasteiger partial charge in [0, 0.05) is 10.6 Å². The Labute approximate surface area is 142 Å². The SMILES string of the molecule is C[C@@H](NC(=O)c1ccccc1F)c1nc(-c2ccc(Cl)cc2)no1. The second-order valence-corrected chi connectivity index (χ2v) is 5.57. The van der Waals surface area contributed by atoms with Crippen molar-refractivity contribution in [2.24, 2.45) is 0 Å². The van der Waals surface area contributed by atoms with Crippen molar-refractivity contribution >= 4 is 17.5 Å². The van der Waals surface area contributed by atoms with Crippen LogP contribution in [0.25, 0.3) is 11.4 Å². The third-order valence-corrected chi connectivity index (χ3v) is 3.63. The fourth-order valence-electron chi connectivity index (χ4n) is 2.11. The molecule has 3 aromatic rings. The van der Waals surface area contributed by atoms with Gasteiger partial charge in [0.25, 0.3) is 5.91 Å². The number of rotatable bonds is 4. The predicted octanol–water partition coefficient (Wildman–Crippen LogP) is 4.02. The molecule has 0 radical (unpaired) electrons. The summed E-state index contributed by atoms with van der Waals surface area (Å²) in [6.45, 7) is 1.68. The van der Waals surface area contributed by atoms with Crippen LogP contribution in [0.1, 0.15) is 29.2 Å². The molecule has 0 saturated heterocycles. The van der Waals surface area contributed by atoms with Gasteiger partial charge in [-0.05, 0) is 43.3 Å². The zero-order chi connectivity index (χ0) is 17.1. The van der Waals surface area contributed by atoms with E-state index in [9.17, 15) is 9.18 Å². The highest BCUT2D eigenvalue weighted by Gasteiger charge is 2.19. The molecule has 1 N–H and O–H groups in total. The van der Waals surface area contributed by atoms with Crippen LogP contribution in [-0.2, 0) is 0 Å². The Morgan fingerprint density at radius 2 is 1.92 bits per heavy atom. The topological polar surface area (TPSA) is 68.0 Å². The molecule has 5 nitrogen and oxygen atoms in total. The minimum absolute atomic E-state index is 0.0400. The van der Waals surface area contributed by atoms with E-state index in [1.807, 2.05) is 0 Å². The molecule has 0 unspecified atom stereocenters. The van der Waals surface area contributed by atoms with Crippen molar-refractivity contribution in [2.45, 2.75) is 13.0 Å². The van der Waals surface area contributed by atoms with Crippen molar-refractivity contribution in [3.63, 3.8) is 0 Å². The van der Waals surface area contributed by atoms with Gasteiger partial charge >= 0.3 is 0 Å². The van der Waals surface area contributed by atoms with Gasteiger partial charge < -0.3 is 9.84 Å². The summed E-state index contributed by atoms with van der Waals surface area (Å²) in [4.78, 5) is 16.4. The lowest BCUT2D eigenvalue weighted by Gasteiger charge is -2.10. The fourth-order valence-corrected chi connectivity index (χ4v) is 2.23. The first-order valence-corrected chi connectivity index (χ1v) is 7.57. The van der Waals surface area contributed by atoms with Crippen LogP contribution in [0.15, 0.2) is 53.1 Å². The Balaban J connectivity index is 1.74. The Morgan fingerprint density at radius 3 is 2.62 bits per heavy atom. The number of halogens is 2. The van der Waals surface area contributed by atoms with Crippen LogP contribution >= 0.6 is 11.6 Å². The van der Waals surface area contributed by atoms with E-state index in [1.165, 1.54) is 18.2 Å². The quantitative estimate of drug-likeness (QED) is 0.775. The van der Waals surface area contributed by atoms with Crippen LogP contribution in [0, 0.1) is 5.82 Å². The van der Waals surface area contributed by atoms with E-state index < -0.39 is 17.8 Å². The smallest absolute Gasteiger partial charge is 0.254 e. The zero-order valence-electron chi connectivity index (χ0n) is 12.7. The summed E-state index contributed by atoms with van der Waals surface area (Å²) in [5.41, 5.74) is 0.698. The van der Waals surface area contributed by atoms with Gasteiger partial charge in [0.1, 0.15) is 11.9 Å². The number of hydrogen-bond donors (Lipinski definition) is 1. The maximum Gasteiger partial charge on any atom is 0.254 e. The molecule has 7 heteroatoms. The molecule has 1 aromatic heterocycles. The molecular weight excluding hydrogens is 333 g/mol.